The Bertz CT molecular complexity index is 702. The minimum atomic E-state index is -0.864. The number of carbonyl (C=O) groups excluding carboxylic acids is 2. The third-order valence-electron chi connectivity index (χ3n) is 7.72. The van der Waals surface area contributed by atoms with E-state index in [9.17, 15) is 14.7 Å². The van der Waals surface area contributed by atoms with Gasteiger partial charge in [0.1, 0.15) is 17.3 Å². The second-order valence-corrected chi connectivity index (χ2v) is 10.4. The number of fused-ring (bicyclic) bond motifs is 5. The Morgan fingerprint density at radius 3 is 2.23 bits per heavy atom. The summed E-state index contributed by atoms with van der Waals surface area (Å²) in [7, 11) is 0. The van der Waals surface area contributed by atoms with E-state index in [-0.39, 0.29) is 36.0 Å². The van der Waals surface area contributed by atoms with Crippen molar-refractivity contribution in [3.05, 3.63) is 12.2 Å². The van der Waals surface area contributed by atoms with Crippen molar-refractivity contribution in [2.75, 3.05) is 0 Å². The van der Waals surface area contributed by atoms with Crippen molar-refractivity contribution in [3.63, 3.8) is 0 Å². The van der Waals surface area contributed by atoms with Crippen LogP contribution < -0.4 is 0 Å². The lowest BCUT2D eigenvalue weighted by molar-refractivity contribution is -0.181. The van der Waals surface area contributed by atoms with Gasteiger partial charge in [0, 0.05) is 25.7 Å². The average molecular weight is 423 g/mol. The van der Waals surface area contributed by atoms with Gasteiger partial charge in [-0.25, -0.2) is 0 Å². The van der Waals surface area contributed by atoms with Crippen LogP contribution in [0.4, 0.5) is 0 Å². The summed E-state index contributed by atoms with van der Waals surface area (Å²) in [5.74, 6) is 0.164. The van der Waals surface area contributed by atoms with Crippen molar-refractivity contribution in [3.8, 4) is 0 Å². The molecule has 0 aromatic heterocycles. The molecule has 0 aromatic rings. The number of carbonyl (C=O) groups is 2. The van der Waals surface area contributed by atoms with Gasteiger partial charge in [-0.1, -0.05) is 20.4 Å². The zero-order valence-electron chi connectivity index (χ0n) is 19.3. The molecule has 2 bridgehead atoms. The SMILES string of the molecule is C=C1CC2OC([C@@H]3[C@@H](C(C)C)CC[C@@](C)(OC(C)=O)[C@H]23)[C@](C)(OC(C)=O)CC[C@@H]1O. The van der Waals surface area contributed by atoms with E-state index in [1.807, 2.05) is 13.8 Å². The molecule has 0 aromatic carbocycles. The molecule has 1 aliphatic carbocycles. The van der Waals surface area contributed by atoms with Crippen molar-refractivity contribution < 1.29 is 28.9 Å². The molecule has 2 aliphatic heterocycles. The van der Waals surface area contributed by atoms with E-state index in [0.29, 0.717) is 31.1 Å². The number of hydrogen-bond acceptors (Lipinski definition) is 6. The summed E-state index contributed by atoms with van der Waals surface area (Å²) in [5, 5.41) is 10.6. The summed E-state index contributed by atoms with van der Waals surface area (Å²) in [6.07, 6.45) is 1.92. The molecule has 170 valence electrons. The fraction of sp³-hybridized carbons (Fsp3) is 0.833. The molecule has 2 unspecified atom stereocenters. The smallest absolute Gasteiger partial charge is 0.303 e. The van der Waals surface area contributed by atoms with Gasteiger partial charge in [0.15, 0.2) is 0 Å². The molecule has 3 fully saturated rings. The number of rotatable bonds is 3. The highest BCUT2D eigenvalue weighted by Crippen LogP contribution is 2.58. The molecule has 6 heteroatoms. The summed E-state index contributed by atoms with van der Waals surface area (Å²) in [4.78, 5) is 24.0. The third kappa shape index (κ3) is 4.18. The summed E-state index contributed by atoms with van der Waals surface area (Å²) in [6, 6.07) is 0. The largest absolute Gasteiger partial charge is 0.459 e. The maximum atomic E-state index is 12.0. The molecule has 1 N–H and O–H groups in total. The number of ether oxygens (including phenoxy) is 3. The van der Waals surface area contributed by atoms with Gasteiger partial charge in [0.2, 0.25) is 0 Å². The van der Waals surface area contributed by atoms with E-state index in [1.54, 1.807) is 0 Å². The molecule has 1 saturated carbocycles. The summed E-state index contributed by atoms with van der Waals surface area (Å²) in [6.45, 7) is 15.4. The van der Waals surface area contributed by atoms with Crippen molar-refractivity contribution >= 4 is 11.9 Å². The van der Waals surface area contributed by atoms with E-state index < -0.39 is 17.3 Å². The lowest BCUT2D eigenvalue weighted by Gasteiger charge is -2.50. The van der Waals surface area contributed by atoms with Gasteiger partial charge >= 0.3 is 11.9 Å². The molecule has 0 amide bonds. The van der Waals surface area contributed by atoms with Crippen LogP contribution in [0.1, 0.15) is 73.6 Å². The fourth-order valence-corrected chi connectivity index (χ4v) is 6.46. The Balaban J connectivity index is 2.12. The van der Waals surface area contributed by atoms with Gasteiger partial charge in [-0.05, 0) is 63.4 Å². The zero-order valence-corrected chi connectivity index (χ0v) is 19.3. The molecule has 30 heavy (non-hydrogen) atoms. The van der Waals surface area contributed by atoms with Crippen LogP contribution in [0, 0.1) is 23.7 Å². The van der Waals surface area contributed by atoms with E-state index in [2.05, 4.69) is 20.4 Å². The first-order chi connectivity index (χ1) is 13.9. The van der Waals surface area contributed by atoms with Gasteiger partial charge in [0.25, 0.3) is 0 Å². The highest BCUT2D eigenvalue weighted by Gasteiger charge is 2.64. The lowest BCUT2D eigenvalue weighted by atomic mass is 9.57. The van der Waals surface area contributed by atoms with Crippen LogP contribution in [0.25, 0.3) is 0 Å². The normalized spacial score (nSPS) is 43.9. The van der Waals surface area contributed by atoms with E-state index in [0.717, 1.165) is 18.4 Å². The van der Waals surface area contributed by atoms with Crippen molar-refractivity contribution in [2.24, 2.45) is 23.7 Å². The Morgan fingerprint density at radius 1 is 1.10 bits per heavy atom. The maximum Gasteiger partial charge on any atom is 0.303 e. The summed E-state index contributed by atoms with van der Waals surface area (Å²) in [5.41, 5.74) is -0.803. The van der Waals surface area contributed by atoms with Gasteiger partial charge in [0.05, 0.1) is 12.2 Å². The second-order valence-electron chi connectivity index (χ2n) is 10.4. The summed E-state index contributed by atoms with van der Waals surface area (Å²) < 4.78 is 18.5. The lowest BCUT2D eigenvalue weighted by Crippen LogP contribution is -2.56. The van der Waals surface area contributed by atoms with Crippen LogP contribution in [0.2, 0.25) is 0 Å². The van der Waals surface area contributed by atoms with Gasteiger partial charge in [-0.3, -0.25) is 9.59 Å². The number of aliphatic hydroxyl groups excluding tert-OH is 1. The first kappa shape index (κ1) is 23.3. The molecule has 3 aliphatic rings. The zero-order chi connectivity index (χ0) is 22.4. The van der Waals surface area contributed by atoms with Gasteiger partial charge < -0.3 is 19.3 Å². The Labute approximate surface area is 180 Å². The first-order valence-corrected chi connectivity index (χ1v) is 11.3. The number of hydrogen-bond donors (Lipinski definition) is 1. The van der Waals surface area contributed by atoms with E-state index in [4.69, 9.17) is 14.2 Å². The molecule has 2 heterocycles. The van der Waals surface area contributed by atoms with Crippen molar-refractivity contribution in [1.82, 2.24) is 0 Å². The molecular weight excluding hydrogens is 384 g/mol. The van der Waals surface area contributed by atoms with Crippen LogP contribution >= 0.6 is 0 Å². The van der Waals surface area contributed by atoms with Crippen LogP contribution in [-0.4, -0.2) is 46.6 Å². The Hall–Kier alpha value is -1.40. The van der Waals surface area contributed by atoms with Gasteiger partial charge in [-0.15, -0.1) is 0 Å². The van der Waals surface area contributed by atoms with E-state index in [1.165, 1.54) is 13.8 Å². The van der Waals surface area contributed by atoms with Crippen molar-refractivity contribution in [2.45, 2.75) is 103 Å². The van der Waals surface area contributed by atoms with Gasteiger partial charge in [-0.2, -0.15) is 0 Å². The van der Waals surface area contributed by atoms with Crippen LogP contribution in [0.5, 0.6) is 0 Å². The van der Waals surface area contributed by atoms with Crippen LogP contribution in [0.3, 0.4) is 0 Å². The molecule has 8 atom stereocenters. The quantitative estimate of drug-likeness (QED) is 0.550. The Morgan fingerprint density at radius 2 is 1.67 bits per heavy atom. The number of aliphatic hydroxyl groups is 1. The van der Waals surface area contributed by atoms with E-state index >= 15 is 0 Å². The number of esters is 2. The average Bonchev–Trinajstić information content (AvgIpc) is 3.00. The van der Waals surface area contributed by atoms with Crippen molar-refractivity contribution in [1.29, 1.82) is 0 Å². The summed E-state index contributed by atoms with van der Waals surface area (Å²) >= 11 is 0. The van der Waals surface area contributed by atoms with Crippen LogP contribution in [0.15, 0.2) is 12.2 Å². The standard InChI is InChI=1S/C24H38O6/c1-13(2)17-8-10-23(6,29-15(4)25)21-19-12-14(3)18(27)9-11-24(7,30-16(5)26)22(28-19)20(17)21/h13,17-22,27H,3,8-12H2,1-2,4-7H3/t17-,18+,19?,20-,21-,22?,23-,24-/m1/s1. The third-order valence-corrected chi connectivity index (χ3v) is 7.72. The first-order valence-electron chi connectivity index (χ1n) is 11.3. The highest BCUT2D eigenvalue weighted by atomic mass is 16.6. The topological polar surface area (TPSA) is 82.1 Å². The predicted molar refractivity (Wildman–Crippen MR) is 113 cm³/mol. The van der Waals surface area contributed by atoms with Crippen LogP contribution in [-0.2, 0) is 23.8 Å². The monoisotopic (exact) mass is 422 g/mol. The molecule has 3 rings (SSSR count). The molecular formula is C24H38O6. The molecule has 6 nitrogen and oxygen atoms in total. The maximum absolute atomic E-state index is 12.0. The molecule has 0 radical (unpaired) electrons. The predicted octanol–water partition coefficient (Wildman–Crippen LogP) is 3.80. The second kappa shape index (κ2) is 8.27. The molecule has 2 saturated heterocycles. The highest BCUT2D eigenvalue weighted by molar-refractivity contribution is 5.67. The minimum Gasteiger partial charge on any atom is -0.459 e. The Kier molecular flexibility index (Phi) is 6.41. The minimum absolute atomic E-state index is 0.0514. The molecule has 0 spiro atoms. The fourth-order valence-electron chi connectivity index (χ4n) is 6.46.